The SMILES string of the molecule is Cc1ccc(C)c(N(CC(=O)N/N=C\c2ccc(OCC(=O)N3CCOCC3)cc2)S(C)(=O)=O)c1. The molecule has 1 aliphatic rings. The van der Waals surface area contributed by atoms with E-state index >= 15 is 0 Å². The van der Waals surface area contributed by atoms with Gasteiger partial charge in [-0.25, -0.2) is 13.8 Å². The maximum Gasteiger partial charge on any atom is 0.260 e. The number of hydrogen-bond acceptors (Lipinski definition) is 7. The second-order valence-electron chi connectivity index (χ2n) is 8.20. The number of morpholine rings is 1. The summed E-state index contributed by atoms with van der Waals surface area (Å²) in [6, 6.07) is 12.3. The minimum absolute atomic E-state index is 0.0548. The molecule has 188 valence electrons. The topological polar surface area (TPSA) is 118 Å². The summed E-state index contributed by atoms with van der Waals surface area (Å²) in [5, 5.41) is 3.92. The van der Waals surface area contributed by atoms with Crippen LogP contribution in [0.2, 0.25) is 0 Å². The second kappa shape index (κ2) is 11.8. The summed E-state index contributed by atoms with van der Waals surface area (Å²) in [6.45, 7) is 5.39. The third-order valence-electron chi connectivity index (χ3n) is 5.33. The molecule has 1 saturated heterocycles. The van der Waals surface area contributed by atoms with Crippen LogP contribution in [0, 0.1) is 13.8 Å². The van der Waals surface area contributed by atoms with E-state index in [1.54, 1.807) is 42.2 Å². The number of hydrogen-bond donors (Lipinski definition) is 1. The summed E-state index contributed by atoms with van der Waals surface area (Å²) in [7, 11) is -3.68. The monoisotopic (exact) mass is 502 g/mol. The molecule has 0 radical (unpaired) electrons. The fourth-order valence-corrected chi connectivity index (χ4v) is 4.32. The maximum atomic E-state index is 12.4. The Morgan fingerprint density at radius 1 is 1.14 bits per heavy atom. The lowest BCUT2D eigenvalue weighted by atomic mass is 10.1. The Balaban J connectivity index is 1.53. The molecule has 11 heteroatoms. The Morgan fingerprint density at radius 3 is 2.49 bits per heavy atom. The molecule has 2 aromatic rings. The van der Waals surface area contributed by atoms with Crippen molar-refractivity contribution in [2.75, 3.05) is 50.0 Å². The lowest BCUT2D eigenvalue weighted by Crippen LogP contribution is -2.42. The average Bonchev–Trinajstić information content (AvgIpc) is 2.83. The van der Waals surface area contributed by atoms with Crippen molar-refractivity contribution in [1.29, 1.82) is 0 Å². The van der Waals surface area contributed by atoms with Crippen LogP contribution in [-0.2, 0) is 24.3 Å². The van der Waals surface area contributed by atoms with Crippen LogP contribution in [0.3, 0.4) is 0 Å². The van der Waals surface area contributed by atoms with Crippen LogP contribution in [0.4, 0.5) is 5.69 Å². The second-order valence-corrected chi connectivity index (χ2v) is 10.1. The number of sulfonamides is 1. The third-order valence-corrected chi connectivity index (χ3v) is 6.46. The summed E-state index contributed by atoms with van der Waals surface area (Å²) in [5.41, 5.74) is 5.13. The molecule has 0 aromatic heterocycles. The quantitative estimate of drug-likeness (QED) is 0.410. The molecule has 0 unspecified atom stereocenters. The van der Waals surface area contributed by atoms with E-state index in [0.29, 0.717) is 43.3 Å². The van der Waals surface area contributed by atoms with Crippen LogP contribution in [0.1, 0.15) is 16.7 Å². The van der Waals surface area contributed by atoms with E-state index in [-0.39, 0.29) is 12.5 Å². The van der Waals surface area contributed by atoms with Gasteiger partial charge in [-0.3, -0.25) is 13.9 Å². The molecule has 10 nitrogen and oxygen atoms in total. The van der Waals surface area contributed by atoms with Crippen LogP contribution >= 0.6 is 0 Å². The number of benzene rings is 2. The normalized spacial score (nSPS) is 14.1. The fraction of sp³-hybridized carbons (Fsp3) is 0.375. The Kier molecular flexibility index (Phi) is 8.83. The van der Waals surface area contributed by atoms with Gasteiger partial charge in [-0.15, -0.1) is 0 Å². The highest BCUT2D eigenvalue weighted by Gasteiger charge is 2.22. The molecule has 2 amide bonds. The van der Waals surface area contributed by atoms with Crippen molar-refractivity contribution in [1.82, 2.24) is 10.3 Å². The number of aryl methyl sites for hydroxylation is 2. The zero-order valence-corrected chi connectivity index (χ0v) is 20.9. The number of amides is 2. The number of rotatable bonds is 9. The first-order valence-electron chi connectivity index (χ1n) is 11.1. The number of hydrazone groups is 1. The van der Waals surface area contributed by atoms with E-state index in [2.05, 4.69) is 10.5 Å². The summed E-state index contributed by atoms with van der Waals surface area (Å²) in [4.78, 5) is 26.3. The molecule has 1 heterocycles. The highest BCUT2D eigenvalue weighted by molar-refractivity contribution is 7.92. The molecule has 0 atom stereocenters. The van der Waals surface area contributed by atoms with E-state index in [4.69, 9.17) is 9.47 Å². The molecule has 1 fully saturated rings. The van der Waals surface area contributed by atoms with Gasteiger partial charge < -0.3 is 14.4 Å². The van der Waals surface area contributed by atoms with E-state index in [9.17, 15) is 18.0 Å². The maximum absolute atomic E-state index is 12.4. The highest BCUT2D eigenvalue weighted by Crippen LogP contribution is 2.23. The Labute approximate surface area is 205 Å². The van der Waals surface area contributed by atoms with Crippen molar-refractivity contribution in [3.8, 4) is 5.75 Å². The molecule has 0 bridgehead atoms. The lowest BCUT2D eigenvalue weighted by Gasteiger charge is -2.26. The summed E-state index contributed by atoms with van der Waals surface area (Å²) < 4.78 is 36.5. The molecule has 35 heavy (non-hydrogen) atoms. The van der Waals surface area contributed by atoms with Crippen molar-refractivity contribution < 1.29 is 27.5 Å². The van der Waals surface area contributed by atoms with Crippen molar-refractivity contribution >= 4 is 33.7 Å². The first-order chi connectivity index (χ1) is 16.6. The molecular weight excluding hydrogens is 472 g/mol. The van der Waals surface area contributed by atoms with E-state index in [0.717, 1.165) is 21.7 Å². The predicted octanol–water partition coefficient (Wildman–Crippen LogP) is 1.46. The van der Waals surface area contributed by atoms with Crippen molar-refractivity contribution in [2.24, 2.45) is 5.10 Å². The Morgan fingerprint density at radius 2 is 1.83 bits per heavy atom. The number of carbonyl (C=O) groups is 2. The predicted molar refractivity (Wildman–Crippen MR) is 133 cm³/mol. The van der Waals surface area contributed by atoms with Gasteiger partial charge in [-0.2, -0.15) is 5.10 Å². The average molecular weight is 503 g/mol. The van der Waals surface area contributed by atoms with Gasteiger partial charge in [0.2, 0.25) is 10.0 Å². The summed E-state index contributed by atoms with van der Waals surface area (Å²) >= 11 is 0. The first kappa shape index (κ1) is 26.2. The van der Waals surface area contributed by atoms with Gasteiger partial charge in [-0.05, 0) is 60.9 Å². The van der Waals surface area contributed by atoms with E-state index in [1.807, 2.05) is 19.1 Å². The van der Waals surface area contributed by atoms with Gasteiger partial charge in [0.25, 0.3) is 11.8 Å². The smallest absolute Gasteiger partial charge is 0.260 e. The zero-order valence-electron chi connectivity index (χ0n) is 20.1. The van der Waals surface area contributed by atoms with Crippen LogP contribution in [-0.4, -0.2) is 77.1 Å². The molecule has 2 aromatic carbocycles. The van der Waals surface area contributed by atoms with Crippen LogP contribution in [0.5, 0.6) is 5.75 Å². The number of carbonyl (C=O) groups excluding carboxylic acids is 2. The van der Waals surface area contributed by atoms with Crippen LogP contribution in [0.15, 0.2) is 47.6 Å². The van der Waals surface area contributed by atoms with Crippen LogP contribution < -0.4 is 14.5 Å². The number of ether oxygens (including phenoxy) is 2. The van der Waals surface area contributed by atoms with Gasteiger partial charge >= 0.3 is 0 Å². The van der Waals surface area contributed by atoms with Gasteiger partial charge in [0.15, 0.2) is 6.61 Å². The van der Waals surface area contributed by atoms with Gasteiger partial charge in [-0.1, -0.05) is 12.1 Å². The lowest BCUT2D eigenvalue weighted by molar-refractivity contribution is -0.137. The van der Waals surface area contributed by atoms with E-state index in [1.165, 1.54) is 6.21 Å². The first-order valence-corrected chi connectivity index (χ1v) is 12.9. The number of nitrogens with zero attached hydrogens (tertiary/aromatic N) is 3. The summed E-state index contributed by atoms with van der Waals surface area (Å²) in [5.74, 6) is -0.134. The number of anilines is 1. The summed E-state index contributed by atoms with van der Waals surface area (Å²) in [6.07, 6.45) is 2.49. The largest absolute Gasteiger partial charge is 0.484 e. The Bertz CT molecular complexity index is 1180. The highest BCUT2D eigenvalue weighted by atomic mass is 32.2. The van der Waals surface area contributed by atoms with Crippen molar-refractivity contribution in [3.63, 3.8) is 0 Å². The molecule has 3 rings (SSSR count). The van der Waals surface area contributed by atoms with Crippen LogP contribution in [0.25, 0.3) is 0 Å². The van der Waals surface area contributed by atoms with Crippen molar-refractivity contribution in [3.05, 3.63) is 59.2 Å². The number of nitrogens with one attached hydrogen (secondary N) is 1. The fourth-order valence-electron chi connectivity index (χ4n) is 3.41. The van der Waals surface area contributed by atoms with Gasteiger partial charge in [0.1, 0.15) is 12.3 Å². The molecule has 1 N–H and O–H groups in total. The van der Waals surface area contributed by atoms with Crippen molar-refractivity contribution in [2.45, 2.75) is 13.8 Å². The molecule has 1 aliphatic heterocycles. The molecule has 0 aliphatic carbocycles. The minimum Gasteiger partial charge on any atom is -0.484 e. The zero-order chi connectivity index (χ0) is 25.4. The van der Waals surface area contributed by atoms with E-state index < -0.39 is 22.5 Å². The van der Waals surface area contributed by atoms with Gasteiger partial charge in [0.05, 0.1) is 31.4 Å². The van der Waals surface area contributed by atoms with Gasteiger partial charge in [0, 0.05) is 13.1 Å². The standard InChI is InChI=1S/C24H30N4O6S/c1-18-4-5-19(2)22(14-18)28(35(3,31)32)16-23(29)26-25-15-20-6-8-21(9-7-20)34-17-24(30)27-10-12-33-13-11-27/h4-9,14-15H,10-13,16-17H2,1-3H3,(H,26,29)/b25-15-. The Hall–Kier alpha value is -3.44. The minimum atomic E-state index is -3.68. The molecule has 0 saturated carbocycles. The molecule has 0 spiro atoms. The third kappa shape index (κ3) is 7.79. The molecular formula is C24H30N4O6S.